The van der Waals surface area contributed by atoms with E-state index in [0.29, 0.717) is 22.6 Å². The number of rotatable bonds is 3. The first-order valence-corrected chi connectivity index (χ1v) is 7.68. The van der Waals surface area contributed by atoms with Gasteiger partial charge >= 0.3 is 6.18 Å². The Morgan fingerprint density at radius 2 is 1.60 bits per heavy atom. The molecule has 0 spiro atoms. The Morgan fingerprint density at radius 3 is 2.28 bits per heavy atom. The van der Waals surface area contributed by atoms with Crippen molar-refractivity contribution in [2.75, 3.05) is 5.32 Å². The third kappa shape index (κ3) is 3.96. The minimum Gasteiger partial charge on any atom is -0.338 e. The summed E-state index contributed by atoms with van der Waals surface area (Å²) in [4.78, 5) is 0. The third-order valence-corrected chi connectivity index (χ3v) is 3.73. The van der Waals surface area contributed by atoms with Crippen LogP contribution in [0, 0.1) is 13.8 Å². The molecule has 0 aliphatic rings. The maximum Gasteiger partial charge on any atom is 0.416 e. The van der Waals surface area contributed by atoms with Gasteiger partial charge in [0.2, 0.25) is 0 Å². The molecule has 128 valence electrons. The maximum absolute atomic E-state index is 13.0. The van der Waals surface area contributed by atoms with Crippen molar-refractivity contribution in [3.8, 4) is 11.1 Å². The van der Waals surface area contributed by atoms with Gasteiger partial charge in [-0.1, -0.05) is 29.8 Å². The van der Waals surface area contributed by atoms with E-state index >= 15 is 0 Å². The Labute approximate surface area is 143 Å². The van der Waals surface area contributed by atoms with Gasteiger partial charge in [-0.05, 0) is 49.7 Å². The SMILES string of the molecule is Cc1ccc(Nc2nnc(C)cc2-c2cccc(C(F)(F)F)c2)cc1. The number of nitrogens with one attached hydrogen (secondary N) is 1. The molecule has 0 bridgehead atoms. The van der Waals surface area contributed by atoms with Gasteiger partial charge in [0.15, 0.2) is 5.82 Å². The van der Waals surface area contributed by atoms with Crippen molar-refractivity contribution in [3.05, 3.63) is 71.4 Å². The van der Waals surface area contributed by atoms with Gasteiger partial charge in [-0.3, -0.25) is 0 Å². The fraction of sp³-hybridized carbons (Fsp3) is 0.158. The van der Waals surface area contributed by atoms with Crippen LogP contribution < -0.4 is 5.32 Å². The van der Waals surface area contributed by atoms with Gasteiger partial charge in [0.25, 0.3) is 0 Å². The van der Waals surface area contributed by atoms with Crippen molar-refractivity contribution in [2.24, 2.45) is 0 Å². The first-order chi connectivity index (χ1) is 11.8. The molecular weight excluding hydrogens is 327 g/mol. The van der Waals surface area contributed by atoms with Gasteiger partial charge in [0, 0.05) is 11.3 Å². The third-order valence-electron chi connectivity index (χ3n) is 3.73. The minimum absolute atomic E-state index is 0.411. The molecule has 0 saturated heterocycles. The number of hydrogen-bond acceptors (Lipinski definition) is 3. The molecule has 0 atom stereocenters. The fourth-order valence-electron chi connectivity index (χ4n) is 2.44. The highest BCUT2D eigenvalue weighted by molar-refractivity contribution is 5.78. The predicted molar refractivity (Wildman–Crippen MR) is 91.7 cm³/mol. The maximum atomic E-state index is 13.0. The zero-order valence-electron chi connectivity index (χ0n) is 13.7. The van der Waals surface area contributed by atoms with E-state index in [1.807, 2.05) is 31.2 Å². The van der Waals surface area contributed by atoms with E-state index < -0.39 is 11.7 Å². The average Bonchev–Trinajstić information content (AvgIpc) is 2.58. The lowest BCUT2D eigenvalue weighted by Gasteiger charge is -2.13. The lowest BCUT2D eigenvalue weighted by Crippen LogP contribution is -2.05. The molecule has 3 rings (SSSR count). The normalized spacial score (nSPS) is 11.4. The van der Waals surface area contributed by atoms with E-state index in [9.17, 15) is 13.2 Å². The molecule has 1 heterocycles. The highest BCUT2D eigenvalue weighted by Gasteiger charge is 2.30. The van der Waals surface area contributed by atoms with Crippen molar-refractivity contribution in [2.45, 2.75) is 20.0 Å². The second-order valence-electron chi connectivity index (χ2n) is 5.82. The van der Waals surface area contributed by atoms with Crippen LogP contribution >= 0.6 is 0 Å². The monoisotopic (exact) mass is 343 g/mol. The first kappa shape index (κ1) is 17.0. The number of aryl methyl sites for hydroxylation is 2. The van der Waals surface area contributed by atoms with Crippen LogP contribution in [0.5, 0.6) is 0 Å². The highest BCUT2D eigenvalue weighted by Crippen LogP contribution is 2.34. The molecule has 0 aliphatic heterocycles. The zero-order valence-corrected chi connectivity index (χ0v) is 13.7. The number of alkyl halides is 3. The number of hydrogen-bond donors (Lipinski definition) is 1. The molecule has 0 amide bonds. The molecule has 1 N–H and O–H groups in total. The molecule has 1 aromatic heterocycles. The van der Waals surface area contributed by atoms with Crippen LogP contribution in [0.2, 0.25) is 0 Å². The average molecular weight is 343 g/mol. The highest BCUT2D eigenvalue weighted by atomic mass is 19.4. The van der Waals surface area contributed by atoms with Crippen molar-refractivity contribution in [1.82, 2.24) is 10.2 Å². The van der Waals surface area contributed by atoms with E-state index in [1.54, 1.807) is 19.1 Å². The van der Waals surface area contributed by atoms with Crippen LogP contribution in [-0.4, -0.2) is 10.2 Å². The van der Waals surface area contributed by atoms with Gasteiger partial charge < -0.3 is 5.32 Å². The smallest absolute Gasteiger partial charge is 0.338 e. The molecule has 0 unspecified atom stereocenters. The first-order valence-electron chi connectivity index (χ1n) is 7.68. The second kappa shape index (κ2) is 6.55. The van der Waals surface area contributed by atoms with E-state index in [0.717, 1.165) is 23.4 Å². The molecular formula is C19H16F3N3. The van der Waals surface area contributed by atoms with Crippen LogP contribution in [0.4, 0.5) is 24.7 Å². The summed E-state index contributed by atoms with van der Waals surface area (Å²) < 4.78 is 39.0. The quantitative estimate of drug-likeness (QED) is 0.680. The molecule has 0 aliphatic carbocycles. The van der Waals surface area contributed by atoms with Gasteiger partial charge in [-0.15, -0.1) is 5.10 Å². The van der Waals surface area contributed by atoms with Crippen molar-refractivity contribution >= 4 is 11.5 Å². The Balaban J connectivity index is 2.04. The van der Waals surface area contributed by atoms with E-state index in [-0.39, 0.29) is 0 Å². The number of nitrogens with zero attached hydrogens (tertiary/aromatic N) is 2. The van der Waals surface area contributed by atoms with Crippen molar-refractivity contribution in [3.63, 3.8) is 0 Å². The second-order valence-corrected chi connectivity index (χ2v) is 5.82. The van der Waals surface area contributed by atoms with Gasteiger partial charge in [0.1, 0.15) is 0 Å². The van der Waals surface area contributed by atoms with Crippen molar-refractivity contribution in [1.29, 1.82) is 0 Å². The van der Waals surface area contributed by atoms with Gasteiger partial charge in [-0.2, -0.15) is 18.3 Å². The summed E-state index contributed by atoms with van der Waals surface area (Å²) in [6, 6.07) is 14.6. The number of anilines is 2. The van der Waals surface area contributed by atoms with Crippen LogP contribution in [0.25, 0.3) is 11.1 Å². The number of benzene rings is 2. The number of aromatic nitrogens is 2. The Kier molecular flexibility index (Phi) is 4.44. The summed E-state index contributed by atoms with van der Waals surface area (Å²) in [5.41, 5.74) is 2.83. The summed E-state index contributed by atoms with van der Waals surface area (Å²) in [6.07, 6.45) is -4.39. The predicted octanol–water partition coefficient (Wildman–Crippen LogP) is 5.52. The summed E-state index contributed by atoms with van der Waals surface area (Å²) in [5.74, 6) is 0.411. The summed E-state index contributed by atoms with van der Waals surface area (Å²) >= 11 is 0. The Morgan fingerprint density at radius 1 is 0.880 bits per heavy atom. The van der Waals surface area contributed by atoms with E-state index in [1.165, 1.54) is 6.07 Å². The van der Waals surface area contributed by atoms with Gasteiger partial charge in [-0.25, -0.2) is 0 Å². The minimum atomic E-state index is -4.39. The molecule has 6 heteroatoms. The molecule has 0 radical (unpaired) electrons. The van der Waals surface area contributed by atoms with E-state index in [2.05, 4.69) is 15.5 Å². The lowest BCUT2D eigenvalue weighted by molar-refractivity contribution is -0.137. The lowest BCUT2D eigenvalue weighted by atomic mass is 10.0. The standard InChI is InChI=1S/C19H16F3N3/c1-12-6-8-16(9-7-12)23-18-17(10-13(2)24-25-18)14-4-3-5-15(11-14)19(20,21)22/h3-11H,1-2H3,(H,23,25). The molecule has 3 nitrogen and oxygen atoms in total. The summed E-state index contributed by atoms with van der Waals surface area (Å²) in [6.45, 7) is 3.73. The van der Waals surface area contributed by atoms with Gasteiger partial charge in [0.05, 0.1) is 11.3 Å². The molecule has 0 saturated carbocycles. The molecule has 2 aromatic carbocycles. The van der Waals surface area contributed by atoms with Crippen LogP contribution in [0.1, 0.15) is 16.8 Å². The molecule has 25 heavy (non-hydrogen) atoms. The van der Waals surface area contributed by atoms with Crippen LogP contribution in [0.15, 0.2) is 54.6 Å². The van der Waals surface area contributed by atoms with E-state index in [4.69, 9.17) is 0 Å². The van der Waals surface area contributed by atoms with Crippen molar-refractivity contribution < 1.29 is 13.2 Å². The topological polar surface area (TPSA) is 37.8 Å². The zero-order chi connectivity index (χ0) is 18.0. The largest absolute Gasteiger partial charge is 0.416 e. The van der Waals surface area contributed by atoms with Crippen LogP contribution in [-0.2, 0) is 6.18 Å². The molecule has 0 fully saturated rings. The molecule has 3 aromatic rings. The fourth-order valence-corrected chi connectivity index (χ4v) is 2.44. The van der Waals surface area contributed by atoms with Crippen LogP contribution in [0.3, 0.4) is 0 Å². The summed E-state index contributed by atoms with van der Waals surface area (Å²) in [5, 5.41) is 11.3. The number of halogens is 3. The Hall–Kier alpha value is -2.89. The Bertz CT molecular complexity index is 887. The summed E-state index contributed by atoms with van der Waals surface area (Å²) in [7, 11) is 0.